The van der Waals surface area contributed by atoms with Crippen molar-refractivity contribution in [3.05, 3.63) is 24.3 Å². The Morgan fingerprint density at radius 2 is 2.27 bits per heavy atom. The van der Waals surface area contributed by atoms with Gasteiger partial charge in [0, 0.05) is 6.07 Å². The molecule has 1 aliphatic rings. The molecule has 1 aliphatic heterocycles. The van der Waals surface area contributed by atoms with Gasteiger partial charge in [0.1, 0.15) is 11.8 Å². The fourth-order valence-electron chi connectivity index (χ4n) is 1.48. The van der Waals surface area contributed by atoms with Crippen molar-refractivity contribution >= 4 is 28.9 Å². The Morgan fingerprint density at radius 1 is 1.53 bits per heavy atom. The van der Waals surface area contributed by atoms with Gasteiger partial charge >= 0.3 is 0 Å². The van der Waals surface area contributed by atoms with Crippen LogP contribution in [0.25, 0.3) is 0 Å². The van der Waals surface area contributed by atoms with Crippen molar-refractivity contribution in [2.24, 2.45) is 0 Å². The van der Waals surface area contributed by atoms with E-state index < -0.39 is 0 Å². The number of hydrogen-bond donors (Lipinski definition) is 2. The van der Waals surface area contributed by atoms with E-state index in [1.54, 1.807) is 25.1 Å². The molecule has 2 rings (SSSR count). The summed E-state index contributed by atoms with van der Waals surface area (Å²) in [4.78, 5) is 13.1. The lowest BCUT2D eigenvalue weighted by Gasteiger charge is -2.14. The van der Waals surface area contributed by atoms with Crippen LogP contribution in [-0.2, 0) is 4.79 Å². The first-order valence-electron chi connectivity index (χ1n) is 4.53. The van der Waals surface area contributed by atoms with Gasteiger partial charge in [0.2, 0.25) is 0 Å². The second-order valence-corrected chi connectivity index (χ2v) is 3.75. The summed E-state index contributed by atoms with van der Waals surface area (Å²) in [6.07, 6.45) is 0. The van der Waals surface area contributed by atoms with E-state index in [0.717, 1.165) is 0 Å². The third-order valence-electron chi connectivity index (χ3n) is 2.22. The lowest BCUT2D eigenvalue weighted by Crippen LogP contribution is -2.30. The van der Waals surface area contributed by atoms with E-state index in [-0.39, 0.29) is 17.7 Å². The normalized spacial score (nSPS) is 20.6. The van der Waals surface area contributed by atoms with E-state index in [9.17, 15) is 9.90 Å². The smallest absolute Gasteiger partial charge is 0.255 e. The van der Waals surface area contributed by atoms with Crippen molar-refractivity contribution in [2.75, 3.05) is 4.90 Å². The first kappa shape index (κ1) is 9.92. The monoisotopic (exact) mass is 222 g/mol. The van der Waals surface area contributed by atoms with Crippen LogP contribution in [0.3, 0.4) is 0 Å². The predicted molar refractivity (Wildman–Crippen MR) is 60.8 cm³/mol. The summed E-state index contributed by atoms with van der Waals surface area (Å²) in [5.74, 6) is 0.00764. The highest BCUT2D eigenvalue weighted by atomic mass is 32.1. The largest absolute Gasteiger partial charge is 0.508 e. The van der Waals surface area contributed by atoms with Gasteiger partial charge < -0.3 is 10.4 Å². The second kappa shape index (κ2) is 3.51. The summed E-state index contributed by atoms with van der Waals surface area (Å²) in [5, 5.41) is 12.5. The highest BCUT2D eigenvalue weighted by Gasteiger charge is 2.33. The van der Waals surface area contributed by atoms with Gasteiger partial charge in [0.15, 0.2) is 5.11 Å². The summed E-state index contributed by atoms with van der Waals surface area (Å²) in [7, 11) is 0. The van der Waals surface area contributed by atoms with Crippen molar-refractivity contribution in [2.45, 2.75) is 13.0 Å². The third-order valence-corrected chi connectivity index (χ3v) is 2.52. The van der Waals surface area contributed by atoms with Crippen LogP contribution >= 0.6 is 12.2 Å². The molecule has 2 N–H and O–H groups in total. The number of benzene rings is 1. The van der Waals surface area contributed by atoms with Crippen LogP contribution in [0.4, 0.5) is 5.69 Å². The highest BCUT2D eigenvalue weighted by Crippen LogP contribution is 2.23. The standard InChI is InChI=1S/C10H10N2O2S/c1-6-9(14)12(10(15)11-6)7-3-2-4-8(13)5-7/h2-6,13H,1H3,(H,11,15)/t6-/m1/s1. The van der Waals surface area contributed by atoms with Crippen molar-refractivity contribution in [1.82, 2.24) is 5.32 Å². The molecule has 0 bridgehead atoms. The lowest BCUT2D eigenvalue weighted by atomic mass is 10.2. The van der Waals surface area contributed by atoms with Gasteiger partial charge in [0.05, 0.1) is 5.69 Å². The van der Waals surface area contributed by atoms with Crippen molar-refractivity contribution in [3.63, 3.8) is 0 Å². The molecule has 1 amide bonds. The van der Waals surface area contributed by atoms with Crippen LogP contribution in [0.2, 0.25) is 0 Å². The quantitative estimate of drug-likeness (QED) is 0.696. The average Bonchev–Trinajstić information content (AvgIpc) is 2.41. The number of carbonyl (C=O) groups excluding carboxylic acids is 1. The Hall–Kier alpha value is -1.62. The predicted octanol–water partition coefficient (Wildman–Crippen LogP) is 1.00. The number of carbonyl (C=O) groups is 1. The van der Waals surface area contributed by atoms with E-state index in [0.29, 0.717) is 10.8 Å². The summed E-state index contributed by atoms with van der Waals surface area (Å²) >= 11 is 5.03. The molecule has 78 valence electrons. The molecule has 1 saturated heterocycles. The molecule has 1 atom stereocenters. The second-order valence-electron chi connectivity index (χ2n) is 3.36. The van der Waals surface area contributed by atoms with Crippen LogP contribution < -0.4 is 10.2 Å². The Bertz CT molecular complexity index is 433. The minimum atomic E-state index is -0.306. The Morgan fingerprint density at radius 3 is 2.80 bits per heavy atom. The van der Waals surface area contributed by atoms with Crippen LogP contribution in [0.1, 0.15) is 6.92 Å². The molecule has 0 saturated carbocycles. The molecule has 1 fully saturated rings. The van der Waals surface area contributed by atoms with Gasteiger partial charge in [-0.25, -0.2) is 0 Å². The van der Waals surface area contributed by atoms with E-state index >= 15 is 0 Å². The zero-order valence-corrected chi connectivity index (χ0v) is 8.91. The van der Waals surface area contributed by atoms with Gasteiger partial charge in [-0.3, -0.25) is 9.69 Å². The number of aromatic hydroxyl groups is 1. The first-order valence-corrected chi connectivity index (χ1v) is 4.94. The van der Waals surface area contributed by atoms with Crippen molar-refractivity contribution in [1.29, 1.82) is 0 Å². The number of hydrogen-bond acceptors (Lipinski definition) is 3. The molecule has 1 heterocycles. The number of amides is 1. The number of nitrogens with one attached hydrogen (secondary N) is 1. The average molecular weight is 222 g/mol. The summed E-state index contributed by atoms with van der Waals surface area (Å²) in [6.45, 7) is 1.75. The van der Waals surface area contributed by atoms with E-state index in [1.165, 1.54) is 11.0 Å². The SMILES string of the molecule is C[C@H]1NC(=S)N(c2cccc(O)c2)C1=O. The Balaban J connectivity index is 2.39. The molecule has 0 radical (unpaired) electrons. The van der Waals surface area contributed by atoms with E-state index in [2.05, 4.69) is 5.32 Å². The van der Waals surface area contributed by atoms with Crippen LogP contribution in [0.5, 0.6) is 5.75 Å². The minimum absolute atomic E-state index is 0.106. The number of thiocarbonyl (C=S) groups is 1. The lowest BCUT2D eigenvalue weighted by molar-refractivity contribution is -0.117. The molecule has 0 aliphatic carbocycles. The van der Waals surface area contributed by atoms with Gasteiger partial charge in [-0.2, -0.15) is 0 Å². The third kappa shape index (κ3) is 1.66. The fraction of sp³-hybridized carbons (Fsp3) is 0.200. The van der Waals surface area contributed by atoms with Crippen LogP contribution in [0.15, 0.2) is 24.3 Å². The number of phenols is 1. The molecule has 4 nitrogen and oxygen atoms in total. The number of phenolic OH excluding ortho intramolecular Hbond substituents is 1. The van der Waals surface area contributed by atoms with Crippen LogP contribution in [0, 0.1) is 0 Å². The maximum atomic E-state index is 11.7. The summed E-state index contributed by atoms with van der Waals surface area (Å²) in [5.41, 5.74) is 0.585. The highest BCUT2D eigenvalue weighted by molar-refractivity contribution is 7.80. The number of rotatable bonds is 1. The zero-order valence-electron chi connectivity index (χ0n) is 8.10. The number of nitrogens with zero attached hydrogens (tertiary/aromatic N) is 1. The van der Waals surface area contributed by atoms with Gasteiger partial charge in [-0.15, -0.1) is 0 Å². The van der Waals surface area contributed by atoms with Crippen molar-refractivity contribution in [3.8, 4) is 5.75 Å². The molecule has 15 heavy (non-hydrogen) atoms. The topological polar surface area (TPSA) is 52.6 Å². The molecule has 0 unspecified atom stereocenters. The van der Waals surface area contributed by atoms with E-state index in [4.69, 9.17) is 12.2 Å². The maximum absolute atomic E-state index is 11.7. The maximum Gasteiger partial charge on any atom is 0.255 e. The van der Waals surface area contributed by atoms with Gasteiger partial charge in [0.25, 0.3) is 5.91 Å². The fourth-order valence-corrected chi connectivity index (χ4v) is 1.85. The zero-order chi connectivity index (χ0) is 11.0. The number of anilines is 1. The van der Waals surface area contributed by atoms with E-state index in [1.807, 2.05) is 0 Å². The molecular formula is C10H10N2O2S. The van der Waals surface area contributed by atoms with Crippen LogP contribution in [-0.4, -0.2) is 22.2 Å². The molecule has 0 spiro atoms. The Labute approximate surface area is 92.5 Å². The minimum Gasteiger partial charge on any atom is -0.508 e. The van der Waals surface area contributed by atoms with Crippen molar-refractivity contribution < 1.29 is 9.90 Å². The molecule has 5 heteroatoms. The molecule has 1 aromatic rings. The first-order chi connectivity index (χ1) is 7.09. The summed E-state index contributed by atoms with van der Waals surface area (Å²) in [6, 6.07) is 6.14. The summed E-state index contributed by atoms with van der Waals surface area (Å²) < 4.78 is 0. The Kier molecular flexibility index (Phi) is 2.32. The van der Waals surface area contributed by atoms with Gasteiger partial charge in [-0.05, 0) is 31.3 Å². The molecule has 1 aromatic carbocycles. The molecule has 0 aromatic heterocycles. The molecular weight excluding hydrogens is 212 g/mol. The van der Waals surface area contributed by atoms with Gasteiger partial charge in [-0.1, -0.05) is 6.07 Å².